The second kappa shape index (κ2) is 32.2. The van der Waals surface area contributed by atoms with Gasteiger partial charge in [-0.1, -0.05) is 67.7 Å². The molecule has 88 heavy (non-hydrogen) atoms. The normalized spacial score (nSPS) is 10.1. The number of para-hydroxylation sites is 3. The second-order valence-electron chi connectivity index (χ2n) is 17.8. The summed E-state index contributed by atoms with van der Waals surface area (Å²) in [5.74, 6) is 5.11. The van der Waals surface area contributed by atoms with Gasteiger partial charge in [0.2, 0.25) is 41.4 Å². The van der Waals surface area contributed by atoms with Gasteiger partial charge in [0, 0.05) is 58.5 Å². The number of benzene rings is 6. The number of carbonyl (C=O) groups is 3. The monoisotopic (exact) mass is 1270 g/mol. The SMILES string of the molecule is C=CC(=O)Nc1cccc(Nc2nc(Nc3ccc(OC)cc3OC)ncc2Cl)c1.C=CC(=O)Nc1cccc(Nc2nc(Nc3ccccc3OC)ncc2Br)c1.C=CC(=O)Nc1cccc(Oc2nc(Nc3cccc(OC)c3OC)ncc2C)c1. The molecule has 9 aromatic rings. The van der Waals surface area contributed by atoms with E-state index >= 15 is 0 Å². The third-order valence-electron chi connectivity index (χ3n) is 11.7. The number of carbonyl (C=O) groups excluding carboxylic acids is 3. The minimum absolute atomic E-state index is 0.274. The first kappa shape index (κ1) is 64.3. The number of aryl methyl sites for hydroxylation is 1. The lowest BCUT2D eigenvalue weighted by Crippen LogP contribution is -2.07. The fraction of sp³-hybridized carbons (Fsp3) is 0.0952. The van der Waals surface area contributed by atoms with Gasteiger partial charge in [-0.2, -0.15) is 15.0 Å². The van der Waals surface area contributed by atoms with Gasteiger partial charge < -0.3 is 71.0 Å². The van der Waals surface area contributed by atoms with Crippen LogP contribution in [0, 0.1) is 6.92 Å². The van der Waals surface area contributed by atoms with Crippen LogP contribution in [0.2, 0.25) is 5.02 Å². The smallest absolute Gasteiger partial charge is 0.247 e. The summed E-state index contributed by atoms with van der Waals surface area (Å²) >= 11 is 9.70. The highest BCUT2D eigenvalue weighted by Crippen LogP contribution is 2.37. The van der Waals surface area contributed by atoms with Crippen LogP contribution in [0.5, 0.6) is 40.4 Å². The summed E-state index contributed by atoms with van der Waals surface area (Å²) in [5.41, 5.74) is 6.11. The average Bonchev–Trinajstić information content (AvgIpc) is 2.73. The van der Waals surface area contributed by atoms with Crippen molar-refractivity contribution >= 4 is 120 Å². The molecule has 0 fully saturated rings. The summed E-state index contributed by atoms with van der Waals surface area (Å²) in [4.78, 5) is 60.7. The molecule has 25 heteroatoms. The van der Waals surface area contributed by atoms with E-state index in [1.807, 2.05) is 61.5 Å². The van der Waals surface area contributed by atoms with Gasteiger partial charge in [-0.3, -0.25) is 14.4 Å². The molecule has 6 aromatic carbocycles. The lowest BCUT2D eigenvalue weighted by atomic mass is 10.2. The van der Waals surface area contributed by atoms with Crippen molar-refractivity contribution in [2.24, 2.45) is 0 Å². The van der Waals surface area contributed by atoms with Crippen LogP contribution in [0.1, 0.15) is 5.56 Å². The van der Waals surface area contributed by atoms with E-state index in [0.717, 1.165) is 16.9 Å². The molecule has 8 N–H and O–H groups in total. The van der Waals surface area contributed by atoms with Gasteiger partial charge in [0.1, 0.15) is 33.8 Å². The number of anilines is 13. The average molecular weight is 1270 g/mol. The minimum Gasteiger partial charge on any atom is -0.497 e. The number of methoxy groups -OCH3 is 5. The van der Waals surface area contributed by atoms with Crippen molar-refractivity contribution < 1.29 is 42.8 Å². The second-order valence-corrected chi connectivity index (χ2v) is 19.0. The first-order valence-corrected chi connectivity index (χ1v) is 27.4. The van der Waals surface area contributed by atoms with Crippen molar-refractivity contribution in [1.29, 1.82) is 0 Å². The van der Waals surface area contributed by atoms with Crippen LogP contribution in [0.25, 0.3) is 0 Å². The maximum atomic E-state index is 11.5. The molecule has 0 aliphatic carbocycles. The Hall–Kier alpha value is -11.2. The standard InChI is InChI=1S/C22H22N4O4.C21H20ClN5O3.C20H18BrN5O2/c1-5-19(27)24-15-8-6-9-16(12-15)30-21-14(2)13-23-22(26-21)25-17-10-7-11-18(28-3)20(17)29-4;1-4-19(28)24-13-6-5-7-14(10-13)25-20-16(22)12-23-21(27-20)26-17-9-8-15(29-2)11-18(17)30-3;1-3-18(27)23-13-7-6-8-14(11-13)24-19-15(21)12-22-20(26-19)25-16-9-4-5-10-17(16)28-2/h5-13H,1H2,2-4H3,(H,24,27)(H,23,25,26);4-12H,1H2,2-3H3,(H,24,28)(H2,23,25,26,27);3-12H,1H2,2H3,(H,23,27)(H2,22,24,25,26). The quantitative estimate of drug-likeness (QED) is 0.0276. The third-order valence-corrected chi connectivity index (χ3v) is 12.6. The third kappa shape index (κ3) is 18.6. The molecule has 450 valence electrons. The molecule has 0 saturated carbocycles. The minimum atomic E-state index is -0.302. The Labute approximate surface area is 520 Å². The van der Waals surface area contributed by atoms with Crippen molar-refractivity contribution in [2.75, 3.05) is 78.1 Å². The van der Waals surface area contributed by atoms with Gasteiger partial charge in [-0.25, -0.2) is 15.0 Å². The van der Waals surface area contributed by atoms with Crippen LogP contribution in [-0.2, 0) is 14.4 Å². The highest BCUT2D eigenvalue weighted by Gasteiger charge is 2.15. The summed E-state index contributed by atoms with van der Waals surface area (Å²) in [5, 5.41) is 24.2. The van der Waals surface area contributed by atoms with Gasteiger partial charge >= 0.3 is 0 Å². The van der Waals surface area contributed by atoms with E-state index in [1.54, 1.807) is 127 Å². The number of ether oxygens (including phenoxy) is 6. The number of halogens is 2. The zero-order valence-electron chi connectivity index (χ0n) is 48.4. The molecule has 0 unspecified atom stereocenters. The number of rotatable bonds is 23. The van der Waals surface area contributed by atoms with Crippen molar-refractivity contribution in [3.8, 4) is 40.4 Å². The predicted octanol–water partition coefficient (Wildman–Crippen LogP) is 14.1. The molecule has 3 heterocycles. The Balaban J connectivity index is 0.000000188. The van der Waals surface area contributed by atoms with Gasteiger partial charge in [-0.15, -0.1) is 0 Å². The van der Waals surface area contributed by atoms with Crippen LogP contribution in [0.15, 0.2) is 194 Å². The predicted molar refractivity (Wildman–Crippen MR) is 348 cm³/mol. The molecule has 3 aromatic heterocycles. The van der Waals surface area contributed by atoms with E-state index in [1.165, 1.54) is 24.4 Å². The summed E-state index contributed by atoms with van der Waals surface area (Å²) in [6.07, 6.45) is 8.41. The van der Waals surface area contributed by atoms with Crippen molar-refractivity contribution in [3.63, 3.8) is 0 Å². The van der Waals surface area contributed by atoms with E-state index < -0.39 is 0 Å². The van der Waals surface area contributed by atoms with Gasteiger partial charge in [0.05, 0.1) is 63.3 Å². The highest BCUT2D eigenvalue weighted by molar-refractivity contribution is 9.10. The number of aromatic nitrogens is 6. The molecule has 0 aliphatic heterocycles. The zero-order valence-corrected chi connectivity index (χ0v) is 50.7. The Morgan fingerprint density at radius 3 is 1.56 bits per heavy atom. The van der Waals surface area contributed by atoms with E-state index in [4.69, 9.17) is 40.0 Å². The summed E-state index contributed by atoms with van der Waals surface area (Å²) in [6, 6.07) is 39.7. The van der Waals surface area contributed by atoms with Crippen molar-refractivity contribution in [1.82, 2.24) is 29.9 Å². The fourth-order valence-corrected chi connectivity index (χ4v) is 8.00. The van der Waals surface area contributed by atoms with Crippen LogP contribution in [-0.4, -0.2) is 83.2 Å². The lowest BCUT2D eigenvalue weighted by molar-refractivity contribution is -0.112. The molecule has 3 amide bonds. The molecule has 0 atom stereocenters. The molecule has 23 nitrogen and oxygen atoms in total. The van der Waals surface area contributed by atoms with Crippen LogP contribution in [0.3, 0.4) is 0 Å². The lowest BCUT2D eigenvalue weighted by Gasteiger charge is -2.14. The maximum Gasteiger partial charge on any atom is 0.247 e. The highest BCUT2D eigenvalue weighted by atomic mass is 79.9. The van der Waals surface area contributed by atoms with E-state index in [9.17, 15) is 14.4 Å². The Morgan fingerprint density at radius 1 is 0.466 bits per heavy atom. The number of hydrogen-bond donors (Lipinski definition) is 8. The zero-order chi connectivity index (χ0) is 63.0. The molecule has 0 bridgehead atoms. The molecular weight excluding hydrogens is 1210 g/mol. The molecular formula is C63H60BrClN14O9. The van der Waals surface area contributed by atoms with Crippen LogP contribution >= 0.6 is 27.5 Å². The molecule has 0 aliphatic rings. The van der Waals surface area contributed by atoms with Crippen molar-refractivity contribution in [2.45, 2.75) is 6.92 Å². The molecule has 9 rings (SSSR count). The number of hydrogen-bond acceptors (Lipinski definition) is 20. The summed E-state index contributed by atoms with van der Waals surface area (Å²) < 4.78 is 33.3. The van der Waals surface area contributed by atoms with Gasteiger partial charge in [0.15, 0.2) is 17.3 Å². The van der Waals surface area contributed by atoms with E-state index in [0.29, 0.717) is 113 Å². The van der Waals surface area contributed by atoms with Crippen molar-refractivity contribution in [3.05, 3.63) is 205 Å². The Morgan fingerprint density at radius 2 is 0.955 bits per heavy atom. The molecule has 0 saturated heterocycles. The van der Waals surface area contributed by atoms with Gasteiger partial charge in [-0.05, 0) is 126 Å². The number of amides is 3. The summed E-state index contributed by atoms with van der Waals surface area (Å²) in [6.45, 7) is 12.2. The van der Waals surface area contributed by atoms with Crippen LogP contribution in [0.4, 0.5) is 75.0 Å². The number of nitrogens with zero attached hydrogens (tertiary/aromatic N) is 6. The van der Waals surface area contributed by atoms with Crippen LogP contribution < -0.4 is 71.0 Å². The fourth-order valence-electron chi connectivity index (χ4n) is 7.57. The number of nitrogens with one attached hydrogen (secondary N) is 8. The van der Waals surface area contributed by atoms with E-state index in [-0.39, 0.29) is 17.7 Å². The maximum absolute atomic E-state index is 11.5. The first-order chi connectivity index (χ1) is 42.6. The largest absolute Gasteiger partial charge is 0.497 e. The van der Waals surface area contributed by atoms with E-state index in [2.05, 4.69) is 108 Å². The Bertz CT molecular complexity index is 3950. The molecule has 0 radical (unpaired) electrons. The first-order valence-electron chi connectivity index (χ1n) is 26.2. The topological polar surface area (TPSA) is 280 Å². The Kier molecular flexibility index (Phi) is 23.5. The molecule has 0 spiro atoms. The summed E-state index contributed by atoms with van der Waals surface area (Å²) in [7, 11) is 7.88. The van der Waals surface area contributed by atoms with Gasteiger partial charge in [0.25, 0.3) is 0 Å².